The number of carbonyl (C=O) groups excluding carboxylic acids is 1. The molecule has 0 N–H and O–H groups in total. The monoisotopic (exact) mass is 348 g/mol. The van der Waals surface area contributed by atoms with Crippen molar-refractivity contribution in [3.63, 3.8) is 0 Å². The van der Waals surface area contributed by atoms with Crippen molar-refractivity contribution in [2.75, 3.05) is 0 Å². The molecule has 0 saturated heterocycles. The number of hydrogen-bond donors (Lipinski definition) is 0. The quantitative estimate of drug-likeness (QED) is 0.255. The van der Waals surface area contributed by atoms with Gasteiger partial charge in [0.05, 0.1) is 0 Å². The van der Waals surface area contributed by atoms with Gasteiger partial charge in [-0.3, -0.25) is 4.79 Å². The lowest BCUT2D eigenvalue weighted by atomic mass is 9.71. The van der Waals surface area contributed by atoms with E-state index in [0.717, 1.165) is 24.7 Å². The van der Waals surface area contributed by atoms with Gasteiger partial charge in [0.1, 0.15) is 6.29 Å². The van der Waals surface area contributed by atoms with E-state index >= 15 is 0 Å². The van der Waals surface area contributed by atoms with Crippen molar-refractivity contribution in [2.45, 2.75) is 85.5 Å². The highest BCUT2D eigenvalue weighted by Gasteiger charge is 2.42. The van der Waals surface area contributed by atoms with Gasteiger partial charge in [-0.05, 0) is 67.5 Å². The minimum atomic E-state index is -1.74. The number of allylic oxidation sites excluding steroid dienone is 5. The molecule has 1 rings (SSSR count). The molecule has 0 spiro atoms. The molecule has 0 aliphatic heterocycles. The maximum absolute atomic E-state index is 10.6. The zero-order valence-electron chi connectivity index (χ0n) is 17.1. The number of rotatable bonds is 5. The third-order valence-corrected chi connectivity index (χ3v) is 10.1. The van der Waals surface area contributed by atoms with Crippen LogP contribution < -0.4 is 0 Å². The van der Waals surface area contributed by atoms with E-state index in [1.54, 1.807) is 6.08 Å². The van der Waals surface area contributed by atoms with Crippen LogP contribution in [-0.4, -0.2) is 20.7 Å². The van der Waals surface area contributed by atoms with Gasteiger partial charge in [-0.1, -0.05) is 52.3 Å². The van der Waals surface area contributed by atoms with Gasteiger partial charge in [-0.15, -0.1) is 0 Å². The zero-order valence-corrected chi connectivity index (χ0v) is 18.1. The standard InChI is InChI=1S/C21H36O2Si/c1-16(12-13-22)10-11-19-17(2)14-18(15-21(19,6)7)23-24(8,9)20(3,4)5/h10-13,18H,14-15H2,1-9H3/b11-10+,16-12+. The molecule has 0 heterocycles. The summed E-state index contributed by atoms with van der Waals surface area (Å²) >= 11 is 0. The molecule has 0 aromatic rings. The first-order chi connectivity index (χ1) is 10.8. The summed E-state index contributed by atoms with van der Waals surface area (Å²) in [7, 11) is -1.74. The van der Waals surface area contributed by atoms with E-state index in [1.165, 1.54) is 11.1 Å². The fourth-order valence-electron chi connectivity index (χ4n) is 3.20. The summed E-state index contributed by atoms with van der Waals surface area (Å²) in [5.74, 6) is 0. The molecular weight excluding hydrogens is 312 g/mol. The molecule has 0 aromatic carbocycles. The Labute approximate surface area is 150 Å². The van der Waals surface area contributed by atoms with Crippen LogP contribution in [0.25, 0.3) is 0 Å². The van der Waals surface area contributed by atoms with Crippen molar-refractivity contribution in [3.05, 3.63) is 34.9 Å². The first-order valence-electron chi connectivity index (χ1n) is 8.98. The molecule has 1 unspecified atom stereocenters. The lowest BCUT2D eigenvalue weighted by Crippen LogP contribution is -2.46. The van der Waals surface area contributed by atoms with Gasteiger partial charge in [0.15, 0.2) is 8.32 Å². The third-order valence-electron chi connectivity index (χ3n) is 5.57. The lowest BCUT2D eigenvalue weighted by Gasteiger charge is -2.44. The SMILES string of the molecule is CC1=C(/C=C/C(C)=C/C=O)C(C)(C)CC(O[Si](C)(C)C(C)(C)C)C1. The van der Waals surface area contributed by atoms with E-state index in [9.17, 15) is 4.79 Å². The third kappa shape index (κ3) is 5.28. The molecule has 3 heteroatoms. The Balaban J connectivity index is 3.01. The van der Waals surface area contributed by atoms with Gasteiger partial charge in [-0.25, -0.2) is 0 Å². The summed E-state index contributed by atoms with van der Waals surface area (Å²) in [6.07, 6.45) is 9.04. The second-order valence-electron chi connectivity index (χ2n) is 9.37. The fraction of sp³-hybridized carbons (Fsp3) is 0.667. The van der Waals surface area contributed by atoms with E-state index < -0.39 is 8.32 Å². The molecule has 1 aliphatic rings. The van der Waals surface area contributed by atoms with Crippen LogP contribution in [0.2, 0.25) is 18.1 Å². The van der Waals surface area contributed by atoms with Crippen LogP contribution in [0.1, 0.15) is 61.3 Å². The van der Waals surface area contributed by atoms with E-state index in [-0.39, 0.29) is 10.5 Å². The fourth-order valence-corrected chi connectivity index (χ4v) is 4.56. The molecule has 1 atom stereocenters. The molecule has 0 bridgehead atoms. The van der Waals surface area contributed by atoms with Gasteiger partial charge in [0.25, 0.3) is 0 Å². The van der Waals surface area contributed by atoms with E-state index in [2.05, 4.69) is 60.7 Å². The minimum Gasteiger partial charge on any atom is -0.414 e. The smallest absolute Gasteiger partial charge is 0.192 e. The maximum atomic E-state index is 10.6. The van der Waals surface area contributed by atoms with Crippen molar-refractivity contribution in [3.8, 4) is 0 Å². The highest BCUT2D eigenvalue weighted by atomic mass is 28.4. The van der Waals surface area contributed by atoms with Crippen molar-refractivity contribution in [2.24, 2.45) is 5.41 Å². The molecule has 1 aliphatic carbocycles. The number of carbonyl (C=O) groups is 1. The van der Waals surface area contributed by atoms with E-state index in [1.807, 2.05) is 13.0 Å². The highest BCUT2D eigenvalue weighted by Crippen LogP contribution is 2.45. The first-order valence-corrected chi connectivity index (χ1v) is 11.9. The summed E-state index contributed by atoms with van der Waals surface area (Å²) in [6.45, 7) is 20.3. The molecule has 0 saturated carbocycles. The van der Waals surface area contributed by atoms with E-state index in [4.69, 9.17) is 4.43 Å². The average Bonchev–Trinajstić information content (AvgIpc) is 2.34. The highest BCUT2D eigenvalue weighted by molar-refractivity contribution is 6.74. The second-order valence-corrected chi connectivity index (χ2v) is 14.1. The van der Waals surface area contributed by atoms with Crippen LogP contribution in [0.15, 0.2) is 34.9 Å². The normalized spacial score (nSPS) is 23.0. The Morgan fingerprint density at radius 2 is 1.88 bits per heavy atom. The van der Waals surface area contributed by atoms with Gasteiger partial charge >= 0.3 is 0 Å². The second kappa shape index (κ2) is 7.53. The number of hydrogen-bond acceptors (Lipinski definition) is 2. The molecular formula is C21H36O2Si. The van der Waals surface area contributed by atoms with Crippen molar-refractivity contribution < 1.29 is 9.22 Å². The molecule has 0 fully saturated rings. The molecule has 2 nitrogen and oxygen atoms in total. The molecule has 0 aromatic heterocycles. The van der Waals surface area contributed by atoms with Gasteiger partial charge < -0.3 is 4.43 Å². The largest absolute Gasteiger partial charge is 0.414 e. The van der Waals surface area contributed by atoms with Crippen molar-refractivity contribution in [1.29, 1.82) is 0 Å². The Morgan fingerprint density at radius 1 is 1.29 bits per heavy atom. The van der Waals surface area contributed by atoms with Gasteiger partial charge in [0, 0.05) is 6.10 Å². The van der Waals surface area contributed by atoms with Gasteiger partial charge in [0.2, 0.25) is 0 Å². The van der Waals surface area contributed by atoms with Gasteiger partial charge in [-0.2, -0.15) is 0 Å². The minimum absolute atomic E-state index is 0.0906. The van der Waals surface area contributed by atoms with Crippen LogP contribution in [0.4, 0.5) is 0 Å². The van der Waals surface area contributed by atoms with Crippen molar-refractivity contribution in [1.82, 2.24) is 0 Å². The van der Waals surface area contributed by atoms with Crippen LogP contribution in [0, 0.1) is 5.41 Å². The number of aldehydes is 1. The zero-order chi connectivity index (χ0) is 18.8. The topological polar surface area (TPSA) is 26.3 Å². The Bertz CT molecular complexity index is 557. The summed E-state index contributed by atoms with van der Waals surface area (Å²) in [6, 6.07) is 0. The molecule has 136 valence electrons. The Morgan fingerprint density at radius 3 is 2.33 bits per heavy atom. The van der Waals surface area contributed by atoms with Crippen LogP contribution >= 0.6 is 0 Å². The van der Waals surface area contributed by atoms with E-state index in [0.29, 0.717) is 6.10 Å². The summed E-state index contributed by atoms with van der Waals surface area (Å²) in [5.41, 5.74) is 3.87. The maximum Gasteiger partial charge on any atom is 0.192 e. The summed E-state index contributed by atoms with van der Waals surface area (Å²) in [4.78, 5) is 10.6. The first kappa shape index (κ1) is 21.1. The van der Waals surface area contributed by atoms with Crippen LogP contribution in [-0.2, 0) is 9.22 Å². The van der Waals surface area contributed by atoms with Crippen LogP contribution in [0.3, 0.4) is 0 Å². The molecule has 24 heavy (non-hydrogen) atoms. The Kier molecular flexibility index (Phi) is 6.62. The lowest BCUT2D eigenvalue weighted by molar-refractivity contribution is -0.104. The summed E-state index contributed by atoms with van der Waals surface area (Å²) in [5, 5.41) is 0.242. The average molecular weight is 349 g/mol. The Hall–Kier alpha value is -0.933. The van der Waals surface area contributed by atoms with Crippen molar-refractivity contribution >= 4 is 14.6 Å². The summed E-state index contributed by atoms with van der Waals surface area (Å²) < 4.78 is 6.68. The predicted molar refractivity (Wildman–Crippen MR) is 107 cm³/mol. The van der Waals surface area contributed by atoms with Crippen LogP contribution in [0.5, 0.6) is 0 Å². The molecule has 0 amide bonds. The molecule has 0 radical (unpaired) electrons. The predicted octanol–water partition coefficient (Wildman–Crippen LogP) is 6.21.